The van der Waals surface area contributed by atoms with Crippen LogP contribution >= 0.6 is 11.3 Å². The average Bonchev–Trinajstić information content (AvgIpc) is 2.70. The molecule has 96 valence electrons. The SMILES string of the molecule is CNc1nc(C)c(-c2cccc(OC(C)C)c2)s1. The summed E-state index contributed by atoms with van der Waals surface area (Å²) >= 11 is 1.66. The molecule has 2 aromatic rings. The van der Waals surface area contributed by atoms with Gasteiger partial charge in [0.25, 0.3) is 0 Å². The fraction of sp³-hybridized carbons (Fsp3) is 0.357. The molecule has 1 aromatic carbocycles. The molecule has 0 aliphatic rings. The molecule has 1 N–H and O–H groups in total. The molecular formula is C14H18N2OS. The molecule has 0 bridgehead atoms. The van der Waals surface area contributed by atoms with Crippen LogP contribution in [0.5, 0.6) is 5.75 Å². The Morgan fingerprint density at radius 3 is 2.72 bits per heavy atom. The number of benzene rings is 1. The summed E-state index contributed by atoms with van der Waals surface area (Å²) in [6.45, 7) is 6.09. The smallest absolute Gasteiger partial charge is 0.183 e. The topological polar surface area (TPSA) is 34.2 Å². The summed E-state index contributed by atoms with van der Waals surface area (Å²) in [5.41, 5.74) is 2.20. The first-order valence-electron chi connectivity index (χ1n) is 6.02. The predicted octanol–water partition coefficient (Wildman–Crippen LogP) is 3.95. The number of nitrogens with one attached hydrogen (secondary N) is 1. The van der Waals surface area contributed by atoms with E-state index in [0.29, 0.717) is 0 Å². The van der Waals surface area contributed by atoms with Crippen LogP contribution in [0.4, 0.5) is 5.13 Å². The van der Waals surface area contributed by atoms with Crippen LogP contribution in [0.25, 0.3) is 10.4 Å². The van der Waals surface area contributed by atoms with Crippen molar-refractivity contribution >= 4 is 16.5 Å². The van der Waals surface area contributed by atoms with Gasteiger partial charge in [-0.1, -0.05) is 23.5 Å². The molecule has 0 aliphatic heterocycles. The normalized spacial score (nSPS) is 10.7. The van der Waals surface area contributed by atoms with Crippen LogP contribution in [0.15, 0.2) is 24.3 Å². The number of aryl methyl sites for hydroxylation is 1. The summed E-state index contributed by atoms with van der Waals surface area (Å²) in [7, 11) is 1.89. The highest BCUT2D eigenvalue weighted by molar-refractivity contribution is 7.19. The number of nitrogens with zero attached hydrogens (tertiary/aromatic N) is 1. The Labute approximate surface area is 112 Å². The van der Waals surface area contributed by atoms with Gasteiger partial charge in [0, 0.05) is 7.05 Å². The first-order valence-corrected chi connectivity index (χ1v) is 6.84. The average molecular weight is 262 g/mol. The van der Waals surface area contributed by atoms with Gasteiger partial charge in [0.2, 0.25) is 0 Å². The Morgan fingerprint density at radius 1 is 1.33 bits per heavy atom. The lowest BCUT2D eigenvalue weighted by atomic mass is 10.1. The van der Waals surface area contributed by atoms with Crippen LogP contribution in [0.2, 0.25) is 0 Å². The van der Waals surface area contributed by atoms with E-state index in [-0.39, 0.29) is 6.10 Å². The Bertz CT molecular complexity index is 534. The molecule has 1 aromatic heterocycles. The van der Waals surface area contributed by atoms with Gasteiger partial charge in [-0.25, -0.2) is 4.98 Å². The lowest BCUT2D eigenvalue weighted by Gasteiger charge is -2.10. The minimum absolute atomic E-state index is 0.190. The molecule has 0 saturated carbocycles. The molecule has 3 nitrogen and oxygen atoms in total. The van der Waals surface area contributed by atoms with Gasteiger partial charge in [-0.15, -0.1) is 0 Å². The zero-order valence-corrected chi connectivity index (χ0v) is 12.0. The predicted molar refractivity (Wildman–Crippen MR) is 77.6 cm³/mol. The fourth-order valence-electron chi connectivity index (χ4n) is 1.75. The molecule has 0 radical (unpaired) electrons. The van der Waals surface area contributed by atoms with Crippen molar-refractivity contribution in [2.24, 2.45) is 0 Å². The molecule has 0 unspecified atom stereocenters. The van der Waals surface area contributed by atoms with E-state index >= 15 is 0 Å². The van der Waals surface area contributed by atoms with Gasteiger partial charge >= 0.3 is 0 Å². The van der Waals surface area contributed by atoms with E-state index in [1.807, 2.05) is 40.0 Å². The van der Waals surface area contributed by atoms with Gasteiger partial charge in [0.1, 0.15) is 5.75 Å². The van der Waals surface area contributed by atoms with E-state index in [2.05, 4.69) is 22.4 Å². The number of rotatable bonds is 4. The Morgan fingerprint density at radius 2 is 2.11 bits per heavy atom. The van der Waals surface area contributed by atoms with Crippen LogP contribution in [0.1, 0.15) is 19.5 Å². The molecule has 2 rings (SSSR count). The van der Waals surface area contributed by atoms with Crippen molar-refractivity contribution in [1.29, 1.82) is 0 Å². The maximum absolute atomic E-state index is 5.72. The highest BCUT2D eigenvalue weighted by Gasteiger charge is 2.09. The minimum Gasteiger partial charge on any atom is -0.491 e. The van der Waals surface area contributed by atoms with Gasteiger partial charge in [0.05, 0.1) is 16.7 Å². The summed E-state index contributed by atoms with van der Waals surface area (Å²) in [5, 5.41) is 4.02. The molecule has 0 aliphatic carbocycles. The lowest BCUT2D eigenvalue weighted by Crippen LogP contribution is -2.05. The van der Waals surface area contributed by atoms with E-state index in [1.165, 1.54) is 4.88 Å². The summed E-state index contributed by atoms with van der Waals surface area (Å²) in [6, 6.07) is 8.16. The van der Waals surface area contributed by atoms with E-state index in [1.54, 1.807) is 11.3 Å². The van der Waals surface area contributed by atoms with Crippen LogP contribution in [-0.4, -0.2) is 18.1 Å². The third-order valence-corrected chi connectivity index (χ3v) is 3.70. The maximum Gasteiger partial charge on any atom is 0.183 e. The summed E-state index contributed by atoms with van der Waals surface area (Å²) in [5.74, 6) is 0.904. The standard InChI is InChI=1S/C14H18N2OS/c1-9(2)17-12-7-5-6-11(8-12)13-10(3)16-14(15-4)18-13/h5-9H,1-4H3,(H,15,16). The molecule has 0 amide bonds. The van der Waals surface area contributed by atoms with Gasteiger partial charge in [-0.3, -0.25) is 0 Å². The van der Waals surface area contributed by atoms with Crippen LogP contribution in [-0.2, 0) is 0 Å². The van der Waals surface area contributed by atoms with E-state index in [4.69, 9.17) is 4.74 Å². The third-order valence-electron chi connectivity index (χ3n) is 2.48. The first kappa shape index (κ1) is 12.9. The van der Waals surface area contributed by atoms with E-state index in [9.17, 15) is 0 Å². The van der Waals surface area contributed by atoms with Crippen molar-refractivity contribution in [3.8, 4) is 16.2 Å². The van der Waals surface area contributed by atoms with Gasteiger partial charge in [-0.2, -0.15) is 0 Å². The Hall–Kier alpha value is -1.55. The summed E-state index contributed by atoms with van der Waals surface area (Å²) < 4.78 is 5.72. The maximum atomic E-state index is 5.72. The van der Waals surface area contributed by atoms with E-state index < -0.39 is 0 Å². The van der Waals surface area contributed by atoms with Crippen molar-refractivity contribution in [2.45, 2.75) is 26.9 Å². The van der Waals surface area contributed by atoms with E-state index in [0.717, 1.165) is 22.1 Å². The van der Waals surface area contributed by atoms with Crippen LogP contribution in [0.3, 0.4) is 0 Å². The third kappa shape index (κ3) is 2.82. The Balaban J connectivity index is 2.34. The lowest BCUT2D eigenvalue weighted by molar-refractivity contribution is 0.242. The van der Waals surface area contributed by atoms with Crippen molar-refractivity contribution in [3.63, 3.8) is 0 Å². The van der Waals surface area contributed by atoms with Crippen molar-refractivity contribution in [1.82, 2.24) is 4.98 Å². The fourth-order valence-corrected chi connectivity index (χ4v) is 2.67. The number of hydrogen-bond acceptors (Lipinski definition) is 4. The molecule has 4 heteroatoms. The highest BCUT2D eigenvalue weighted by Crippen LogP contribution is 2.34. The number of aromatic nitrogens is 1. The second-order valence-electron chi connectivity index (χ2n) is 4.38. The zero-order valence-electron chi connectivity index (χ0n) is 11.2. The number of ether oxygens (including phenoxy) is 1. The van der Waals surface area contributed by atoms with Crippen LogP contribution < -0.4 is 10.1 Å². The second-order valence-corrected chi connectivity index (χ2v) is 5.38. The molecule has 0 atom stereocenters. The molecule has 1 heterocycles. The van der Waals surface area contributed by atoms with Gasteiger partial charge in [-0.05, 0) is 38.5 Å². The number of thiazole rings is 1. The molecular weight excluding hydrogens is 244 g/mol. The van der Waals surface area contributed by atoms with Crippen molar-refractivity contribution in [2.75, 3.05) is 12.4 Å². The molecule has 0 saturated heterocycles. The number of hydrogen-bond donors (Lipinski definition) is 1. The largest absolute Gasteiger partial charge is 0.491 e. The number of anilines is 1. The first-order chi connectivity index (χ1) is 8.60. The quantitative estimate of drug-likeness (QED) is 0.906. The molecule has 18 heavy (non-hydrogen) atoms. The van der Waals surface area contributed by atoms with Gasteiger partial charge in [0.15, 0.2) is 5.13 Å². The van der Waals surface area contributed by atoms with Crippen molar-refractivity contribution < 1.29 is 4.74 Å². The Kier molecular flexibility index (Phi) is 3.87. The van der Waals surface area contributed by atoms with Crippen LogP contribution in [0, 0.1) is 6.92 Å². The highest BCUT2D eigenvalue weighted by atomic mass is 32.1. The monoisotopic (exact) mass is 262 g/mol. The minimum atomic E-state index is 0.190. The molecule has 0 fully saturated rings. The van der Waals surface area contributed by atoms with Crippen molar-refractivity contribution in [3.05, 3.63) is 30.0 Å². The zero-order chi connectivity index (χ0) is 13.1. The summed E-state index contributed by atoms with van der Waals surface area (Å²) in [4.78, 5) is 5.65. The second kappa shape index (κ2) is 5.40. The van der Waals surface area contributed by atoms with Gasteiger partial charge < -0.3 is 10.1 Å². The molecule has 0 spiro atoms. The summed E-state index contributed by atoms with van der Waals surface area (Å²) in [6.07, 6.45) is 0.190.